The Morgan fingerprint density at radius 3 is 2.53 bits per heavy atom. The van der Waals surface area contributed by atoms with Gasteiger partial charge in [-0.1, -0.05) is 19.3 Å². The molecule has 2 atom stereocenters. The number of hydrogen-bond acceptors (Lipinski definition) is 3. The van der Waals surface area contributed by atoms with Crippen molar-refractivity contribution in [2.45, 2.75) is 50.7 Å². The first-order chi connectivity index (χ1) is 7.02. The van der Waals surface area contributed by atoms with E-state index in [0.29, 0.717) is 12.3 Å². The molecule has 1 aliphatic carbocycles. The highest BCUT2D eigenvalue weighted by molar-refractivity contribution is 7.84. The fourth-order valence-electron chi connectivity index (χ4n) is 2.16. The zero-order chi connectivity index (χ0) is 11.3. The fourth-order valence-corrected chi connectivity index (χ4v) is 2.98. The van der Waals surface area contributed by atoms with Crippen LogP contribution in [0.25, 0.3) is 0 Å². The summed E-state index contributed by atoms with van der Waals surface area (Å²) in [5.74, 6) is 0.663. The molecule has 15 heavy (non-hydrogen) atoms. The van der Waals surface area contributed by atoms with E-state index >= 15 is 0 Å². The van der Waals surface area contributed by atoms with Crippen LogP contribution in [-0.4, -0.2) is 39.5 Å². The van der Waals surface area contributed by atoms with E-state index in [1.807, 2.05) is 6.92 Å². The minimum Gasteiger partial charge on any atom is -0.389 e. The van der Waals surface area contributed by atoms with Crippen LogP contribution in [0.1, 0.15) is 39.0 Å². The van der Waals surface area contributed by atoms with E-state index in [1.165, 1.54) is 6.42 Å². The van der Waals surface area contributed by atoms with Crippen LogP contribution in [0, 0.1) is 0 Å². The number of hydrogen-bond donors (Lipinski definition) is 2. The Hall–Kier alpha value is 0.0700. The molecule has 3 nitrogen and oxygen atoms in total. The Morgan fingerprint density at radius 1 is 1.40 bits per heavy atom. The van der Waals surface area contributed by atoms with Crippen LogP contribution in [-0.2, 0) is 10.8 Å². The molecule has 1 aliphatic rings. The van der Waals surface area contributed by atoms with Gasteiger partial charge in [-0.05, 0) is 19.8 Å². The molecule has 0 aromatic carbocycles. The summed E-state index contributed by atoms with van der Waals surface area (Å²) in [5.41, 5.74) is -0.512. The first-order valence-corrected chi connectivity index (χ1v) is 7.50. The molecule has 0 spiro atoms. The van der Waals surface area contributed by atoms with Crippen LogP contribution in [0.4, 0.5) is 0 Å². The summed E-state index contributed by atoms with van der Waals surface area (Å²) in [6, 6.07) is 0.224. The average molecular weight is 233 g/mol. The van der Waals surface area contributed by atoms with E-state index < -0.39 is 16.4 Å². The van der Waals surface area contributed by atoms with Gasteiger partial charge in [-0.2, -0.15) is 0 Å². The Labute approximate surface area is 95.1 Å². The predicted octanol–water partition coefficient (Wildman–Crippen LogP) is 1.04. The molecule has 0 heterocycles. The highest BCUT2D eigenvalue weighted by atomic mass is 32.2. The van der Waals surface area contributed by atoms with Gasteiger partial charge in [0.25, 0.3) is 0 Å². The Kier molecular flexibility index (Phi) is 5.23. The van der Waals surface area contributed by atoms with Crippen molar-refractivity contribution in [1.29, 1.82) is 0 Å². The SMILES string of the molecule is CC(CS(C)=O)NCC1(O)CCCCC1. The third-order valence-electron chi connectivity index (χ3n) is 3.05. The molecule has 0 radical (unpaired) electrons. The molecule has 1 rings (SSSR count). The molecule has 1 saturated carbocycles. The molecule has 0 bridgehead atoms. The largest absolute Gasteiger partial charge is 0.389 e. The molecule has 0 aromatic rings. The molecule has 0 aromatic heterocycles. The van der Waals surface area contributed by atoms with Gasteiger partial charge in [0.15, 0.2) is 0 Å². The minimum atomic E-state index is -0.760. The molecular weight excluding hydrogens is 210 g/mol. The van der Waals surface area contributed by atoms with Gasteiger partial charge < -0.3 is 10.4 Å². The second-order valence-corrected chi connectivity index (χ2v) is 6.29. The van der Waals surface area contributed by atoms with Gasteiger partial charge in [0.2, 0.25) is 0 Å². The van der Waals surface area contributed by atoms with Crippen molar-refractivity contribution in [3.63, 3.8) is 0 Å². The average Bonchev–Trinajstić information content (AvgIpc) is 2.15. The van der Waals surface area contributed by atoms with Gasteiger partial charge in [-0.15, -0.1) is 0 Å². The van der Waals surface area contributed by atoms with Gasteiger partial charge in [-0.25, -0.2) is 0 Å². The summed E-state index contributed by atoms with van der Waals surface area (Å²) in [6.07, 6.45) is 7.03. The van der Waals surface area contributed by atoms with Gasteiger partial charge >= 0.3 is 0 Å². The second kappa shape index (κ2) is 5.97. The molecule has 2 N–H and O–H groups in total. The van der Waals surface area contributed by atoms with Crippen molar-refractivity contribution in [1.82, 2.24) is 5.32 Å². The van der Waals surface area contributed by atoms with Crippen molar-refractivity contribution >= 4 is 10.8 Å². The molecule has 2 unspecified atom stereocenters. The summed E-state index contributed by atoms with van der Waals surface area (Å²) < 4.78 is 11.0. The van der Waals surface area contributed by atoms with Crippen molar-refractivity contribution < 1.29 is 9.32 Å². The monoisotopic (exact) mass is 233 g/mol. The lowest BCUT2D eigenvalue weighted by Gasteiger charge is -2.33. The smallest absolute Gasteiger partial charge is 0.0771 e. The van der Waals surface area contributed by atoms with Crippen molar-refractivity contribution in [3.05, 3.63) is 0 Å². The summed E-state index contributed by atoms with van der Waals surface area (Å²) in [5, 5.41) is 13.5. The van der Waals surface area contributed by atoms with E-state index in [1.54, 1.807) is 6.26 Å². The first kappa shape index (κ1) is 13.1. The zero-order valence-electron chi connectivity index (χ0n) is 9.79. The quantitative estimate of drug-likeness (QED) is 0.746. The van der Waals surface area contributed by atoms with Gasteiger partial charge in [0.1, 0.15) is 0 Å². The van der Waals surface area contributed by atoms with Crippen molar-refractivity contribution in [2.75, 3.05) is 18.6 Å². The van der Waals surface area contributed by atoms with Gasteiger partial charge in [-0.3, -0.25) is 4.21 Å². The normalized spacial score (nSPS) is 24.7. The first-order valence-electron chi connectivity index (χ1n) is 5.78. The maximum absolute atomic E-state index is 11.0. The Bertz CT molecular complexity index is 215. The van der Waals surface area contributed by atoms with Crippen LogP contribution in [0.5, 0.6) is 0 Å². The molecular formula is C11H23NO2S. The lowest BCUT2D eigenvalue weighted by molar-refractivity contribution is 0.00353. The highest BCUT2D eigenvalue weighted by Gasteiger charge is 2.29. The molecule has 0 aliphatic heterocycles. The fraction of sp³-hybridized carbons (Fsp3) is 1.00. The summed E-state index contributed by atoms with van der Waals surface area (Å²) >= 11 is 0. The molecule has 90 valence electrons. The van der Waals surface area contributed by atoms with E-state index in [9.17, 15) is 9.32 Å². The topological polar surface area (TPSA) is 49.3 Å². The van der Waals surface area contributed by atoms with Crippen LogP contribution < -0.4 is 5.32 Å². The standard InChI is InChI=1S/C11H23NO2S/c1-10(8-15(2)14)12-9-11(13)6-4-3-5-7-11/h10,12-13H,3-9H2,1-2H3. The third kappa shape index (κ3) is 5.09. The van der Waals surface area contributed by atoms with E-state index in [-0.39, 0.29) is 6.04 Å². The maximum Gasteiger partial charge on any atom is 0.0771 e. The molecule has 1 fully saturated rings. The van der Waals surface area contributed by atoms with Gasteiger partial charge in [0, 0.05) is 35.4 Å². The molecule has 0 amide bonds. The summed E-state index contributed by atoms with van der Waals surface area (Å²) in [4.78, 5) is 0. The Balaban J connectivity index is 2.25. The summed E-state index contributed by atoms with van der Waals surface area (Å²) in [6.45, 7) is 2.67. The minimum absolute atomic E-state index is 0.224. The lowest BCUT2D eigenvalue weighted by Crippen LogP contribution is -2.46. The summed E-state index contributed by atoms with van der Waals surface area (Å²) in [7, 11) is -0.760. The van der Waals surface area contributed by atoms with E-state index in [0.717, 1.165) is 25.7 Å². The van der Waals surface area contributed by atoms with Crippen LogP contribution in [0.15, 0.2) is 0 Å². The highest BCUT2D eigenvalue weighted by Crippen LogP contribution is 2.27. The molecule has 0 saturated heterocycles. The lowest BCUT2D eigenvalue weighted by atomic mass is 9.85. The van der Waals surface area contributed by atoms with Gasteiger partial charge in [0.05, 0.1) is 5.60 Å². The third-order valence-corrected chi connectivity index (χ3v) is 4.02. The predicted molar refractivity (Wildman–Crippen MR) is 64.4 cm³/mol. The van der Waals surface area contributed by atoms with Crippen LogP contribution in [0.3, 0.4) is 0 Å². The Morgan fingerprint density at radius 2 is 2.00 bits per heavy atom. The zero-order valence-corrected chi connectivity index (χ0v) is 10.6. The van der Waals surface area contributed by atoms with Crippen LogP contribution in [0.2, 0.25) is 0 Å². The number of rotatable bonds is 5. The number of aliphatic hydroxyl groups is 1. The second-order valence-electron chi connectivity index (χ2n) is 4.81. The maximum atomic E-state index is 11.0. The van der Waals surface area contributed by atoms with Crippen molar-refractivity contribution in [2.24, 2.45) is 0 Å². The van der Waals surface area contributed by atoms with Crippen LogP contribution >= 0.6 is 0 Å². The van der Waals surface area contributed by atoms with E-state index in [4.69, 9.17) is 0 Å². The molecule has 4 heteroatoms. The number of nitrogens with one attached hydrogen (secondary N) is 1. The van der Waals surface area contributed by atoms with E-state index in [2.05, 4.69) is 5.32 Å². The van der Waals surface area contributed by atoms with Crippen molar-refractivity contribution in [3.8, 4) is 0 Å².